The topological polar surface area (TPSA) is 105 Å². The first-order chi connectivity index (χ1) is 13.2. The molecule has 6 nitrogen and oxygen atoms in total. The summed E-state index contributed by atoms with van der Waals surface area (Å²) in [6, 6.07) is 13.5. The molecule has 0 spiro atoms. The third kappa shape index (κ3) is 6.13. The molecule has 2 rings (SSSR count). The van der Waals surface area contributed by atoms with Crippen molar-refractivity contribution in [1.29, 1.82) is 0 Å². The number of nitrogens with two attached hydrogens (primary N) is 2. The Labute approximate surface area is 180 Å². The quantitative estimate of drug-likeness (QED) is 0.450. The van der Waals surface area contributed by atoms with Crippen LogP contribution in [0.25, 0.3) is 0 Å². The van der Waals surface area contributed by atoms with E-state index in [2.05, 4.69) is 31.9 Å². The van der Waals surface area contributed by atoms with Gasteiger partial charge in [-0.15, -0.1) is 0 Å². The van der Waals surface area contributed by atoms with Gasteiger partial charge in [0, 0.05) is 8.95 Å². The summed E-state index contributed by atoms with van der Waals surface area (Å²) in [5, 5.41) is 0. The van der Waals surface area contributed by atoms with Crippen LogP contribution in [0.4, 0.5) is 0 Å². The lowest BCUT2D eigenvalue weighted by atomic mass is 10.0. The summed E-state index contributed by atoms with van der Waals surface area (Å²) in [5.41, 5.74) is 13.8. The molecule has 4 atom stereocenters. The third-order valence-corrected chi connectivity index (χ3v) is 5.33. The van der Waals surface area contributed by atoms with Gasteiger partial charge in [0.1, 0.15) is 12.2 Å². The van der Waals surface area contributed by atoms with Gasteiger partial charge in [0.25, 0.3) is 0 Å². The summed E-state index contributed by atoms with van der Waals surface area (Å²) in [4.78, 5) is 24.2. The predicted molar refractivity (Wildman–Crippen MR) is 113 cm³/mol. The highest BCUT2D eigenvalue weighted by atomic mass is 79.9. The molecule has 2 aromatic carbocycles. The van der Waals surface area contributed by atoms with Crippen LogP contribution in [0.15, 0.2) is 57.5 Å². The number of rotatable bonds is 6. The van der Waals surface area contributed by atoms with E-state index in [4.69, 9.17) is 20.9 Å². The number of hydrogen-bond donors (Lipinski definition) is 2. The van der Waals surface area contributed by atoms with Crippen LogP contribution in [-0.4, -0.2) is 24.1 Å². The van der Waals surface area contributed by atoms with E-state index >= 15 is 0 Å². The van der Waals surface area contributed by atoms with Crippen molar-refractivity contribution in [3.63, 3.8) is 0 Å². The average molecular weight is 514 g/mol. The number of carbonyl (C=O) groups is 2. The van der Waals surface area contributed by atoms with E-state index in [1.165, 1.54) is 0 Å². The van der Waals surface area contributed by atoms with Crippen LogP contribution in [0.5, 0.6) is 0 Å². The Morgan fingerprint density at radius 2 is 1.00 bits per heavy atom. The Morgan fingerprint density at radius 3 is 1.29 bits per heavy atom. The van der Waals surface area contributed by atoms with Gasteiger partial charge in [-0.05, 0) is 49.2 Å². The molecule has 28 heavy (non-hydrogen) atoms. The normalized spacial score (nSPS) is 15.2. The molecular weight excluding hydrogens is 492 g/mol. The van der Waals surface area contributed by atoms with Gasteiger partial charge in [0.05, 0.1) is 12.1 Å². The van der Waals surface area contributed by atoms with Gasteiger partial charge in [-0.3, -0.25) is 0 Å². The maximum atomic E-state index is 12.1. The van der Waals surface area contributed by atoms with E-state index < -0.39 is 36.2 Å². The van der Waals surface area contributed by atoms with Crippen molar-refractivity contribution >= 4 is 43.8 Å². The number of ether oxygens (including phenoxy) is 2. The fraction of sp³-hybridized carbons (Fsp3) is 0.300. The van der Waals surface area contributed by atoms with E-state index in [0.717, 1.165) is 20.1 Å². The van der Waals surface area contributed by atoms with Crippen LogP contribution in [-0.2, 0) is 19.1 Å². The van der Waals surface area contributed by atoms with Crippen LogP contribution in [0.2, 0.25) is 0 Å². The minimum absolute atomic E-state index is 0.577. The minimum Gasteiger partial charge on any atom is -0.452 e. The Morgan fingerprint density at radius 1 is 0.714 bits per heavy atom. The standard InChI is InChI=1S/C20H22Br2N2O4/c1-11(17(23)13-3-7-15(21)8-4-13)27-19(25)20(26)28-12(2)18(24)14-5-9-16(22)10-6-14/h3-12,17-18H,23-24H2,1-2H3/t11-,12-,17+,18+/m0/s1. The SMILES string of the molecule is C[C@H](OC(=O)C(=O)O[C@@H](C)[C@@H](N)c1ccc(Br)cc1)[C@@H](N)c1ccc(Br)cc1. The predicted octanol–water partition coefficient (Wildman–Crippen LogP) is 3.77. The van der Waals surface area contributed by atoms with Crippen LogP contribution in [0, 0.1) is 0 Å². The summed E-state index contributed by atoms with van der Waals surface area (Å²) in [7, 11) is 0. The first kappa shape index (κ1) is 22.5. The highest BCUT2D eigenvalue weighted by molar-refractivity contribution is 9.10. The van der Waals surface area contributed by atoms with Gasteiger partial charge in [0.15, 0.2) is 0 Å². The van der Waals surface area contributed by atoms with Crippen LogP contribution in [0.1, 0.15) is 37.1 Å². The molecule has 2 aromatic rings. The van der Waals surface area contributed by atoms with Crippen LogP contribution in [0.3, 0.4) is 0 Å². The van der Waals surface area contributed by atoms with Crippen LogP contribution >= 0.6 is 31.9 Å². The summed E-state index contributed by atoms with van der Waals surface area (Å²) >= 11 is 6.69. The molecule has 150 valence electrons. The molecule has 0 aliphatic carbocycles. The van der Waals surface area contributed by atoms with Crippen molar-refractivity contribution in [2.24, 2.45) is 11.5 Å². The first-order valence-electron chi connectivity index (χ1n) is 8.62. The third-order valence-electron chi connectivity index (χ3n) is 4.27. The lowest BCUT2D eigenvalue weighted by molar-refractivity contribution is -0.174. The fourth-order valence-electron chi connectivity index (χ4n) is 2.49. The Kier molecular flexibility index (Phi) is 8.18. The lowest BCUT2D eigenvalue weighted by Gasteiger charge is -2.22. The fourth-order valence-corrected chi connectivity index (χ4v) is 3.02. The Balaban J connectivity index is 1.91. The molecule has 0 amide bonds. The Bertz CT molecular complexity index is 742. The van der Waals surface area contributed by atoms with Gasteiger partial charge in [0.2, 0.25) is 0 Å². The summed E-state index contributed by atoms with van der Waals surface area (Å²) < 4.78 is 12.1. The van der Waals surface area contributed by atoms with Crippen molar-refractivity contribution in [1.82, 2.24) is 0 Å². The molecule has 0 aliphatic rings. The molecule has 0 radical (unpaired) electrons. The van der Waals surface area contributed by atoms with Gasteiger partial charge in [-0.25, -0.2) is 9.59 Å². The lowest BCUT2D eigenvalue weighted by Crippen LogP contribution is -2.35. The van der Waals surface area contributed by atoms with Crippen molar-refractivity contribution in [2.45, 2.75) is 38.1 Å². The molecule has 0 fully saturated rings. The van der Waals surface area contributed by atoms with Crippen molar-refractivity contribution in [3.8, 4) is 0 Å². The van der Waals surface area contributed by atoms with Crippen molar-refractivity contribution in [2.75, 3.05) is 0 Å². The van der Waals surface area contributed by atoms with Gasteiger partial charge >= 0.3 is 11.9 Å². The maximum absolute atomic E-state index is 12.1. The van der Waals surface area contributed by atoms with Crippen LogP contribution < -0.4 is 11.5 Å². The number of benzene rings is 2. The zero-order chi connectivity index (χ0) is 20.8. The molecule has 0 heterocycles. The largest absolute Gasteiger partial charge is 0.452 e. The smallest absolute Gasteiger partial charge is 0.417 e. The molecule has 0 unspecified atom stereocenters. The minimum atomic E-state index is -1.10. The summed E-state index contributed by atoms with van der Waals surface area (Å²) in [6.45, 7) is 3.24. The highest BCUT2D eigenvalue weighted by Gasteiger charge is 2.28. The van der Waals surface area contributed by atoms with Crippen molar-refractivity contribution in [3.05, 3.63) is 68.6 Å². The van der Waals surface area contributed by atoms with Gasteiger partial charge in [-0.1, -0.05) is 56.1 Å². The molecule has 0 saturated heterocycles. The molecular formula is C20H22Br2N2O4. The number of carbonyl (C=O) groups excluding carboxylic acids is 2. The molecule has 0 aliphatic heterocycles. The van der Waals surface area contributed by atoms with Gasteiger partial charge in [-0.2, -0.15) is 0 Å². The zero-order valence-corrected chi connectivity index (χ0v) is 18.6. The molecule has 8 heteroatoms. The second kappa shape index (κ2) is 10.2. The Hall–Kier alpha value is -1.74. The molecule has 0 bridgehead atoms. The second-order valence-electron chi connectivity index (χ2n) is 6.38. The second-order valence-corrected chi connectivity index (χ2v) is 8.21. The van der Waals surface area contributed by atoms with E-state index in [0.29, 0.717) is 0 Å². The molecule has 0 saturated carbocycles. The maximum Gasteiger partial charge on any atom is 0.417 e. The van der Waals surface area contributed by atoms with E-state index in [1.807, 2.05) is 48.5 Å². The number of hydrogen-bond acceptors (Lipinski definition) is 6. The molecule has 0 aromatic heterocycles. The van der Waals surface area contributed by atoms with Crippen molar-refractivity contribution < 1.29 is 19.1 Å². The number of esters is 2. The average Bonchev–Trinajstić information content (AvgIpc) is 2.67. The monoisotopic (exact) mass is 512 g/mol. The van der Waals surface area contributed by atoms with E-state index in [1.54, 1.807) is 13.8 Å². The number of halogens is 2. The summed E-state index contributed by atoms with van der Waals surface area (Å²) in [5.74, 6) is -2.20. The zero-order valence-electron chi connectivity index (χ0n) is 15.5. The highest BCUT2D eigenvalue weighted by Crippen LogP contribution is 2.21. The summed E-state index contributed by atoms with van der Waals surface area (Å²) in [6.07, 6.45) is -1.42. The molecule has 4 N–H and O–H groups in total. The van der Waals surface area contributed by atoms with E-state index in [9.17, 15) is 9.59 Å². The van der Waals surface area contributed by atoms with Gasteiger partial charge < -0.3 is 20.9 Å². The first-order valence-corrected chi connectivity index (χ1v) is 10.2. The van der Waals surface area contributed by atoms with E-state index in [-0.39, 0.29) is 0 Å².